The fourth-order valence-corrected chi connectivity index (χ4v) is 1.58. The highest BCUT2D eigenvalue weighted by atomic mass is 19.1. The van der Waals surface area contributed by atoms with Crippen molar-refractivity contribution in [2.75, 3.05) is 0 Å². The summed E-state index contributed by atoms with van der Waals surface area (Å²) >= 11 is 0. The van der Waals surface area contributed by atoms with Crippen LogP contribution in [-0.4, -0.2) is 16.1 Å². The third kappa shape index (κ3) is 3.29. The van der Waals surface area contributed by atoms with Gasteiger partial charge in [-0.3, -0.25) is 4.98 Å². The summed E-state index contributed by atoms with van der Waals surface area (Å²) in [6.45, 7) is 0.0111. The lowest BCUT2D eigenvalue weighted by atomic mass is 10.1. The van der Waals surface area contributed by atoms with Gasteiger partial charge < -0.3 is 9.84 Å². The van der Waals surface area contributed by atoms with Crippen LogP contribution in [0.25, 0.3) is 0 Å². The van der Waals surface area contributed by atoms with Crippen LogP contribution in [0.15, 0.2) is 36.7 Å². The Morgan fingerprint density at radius 1 is 1.35 bits per heavy atom. The zero-order valence-corrected chi connectivity index (χ0v) is 10.2. The van der Waals surface area contributed by atoms with Crippen LogP contribution in [0, 0.1) is 17.1 Å². The Balaban J connectivity index is 2.13. The number of halogens is 1. The Bertz CT molecular complexity index is 695. The number of aromatic nitrogens is 1. The Labute approximate surface area is 113 Å². The first-order valence-electron chi connectivity index (χ1n) is 5.59. The first-order chi connectivity index (χ1) is 9.58. The fourth-order valence-electron chi connectivity index (χ4n) is 1.58. The zero-order chi connectivity index (χ0) is 14.5. The van der Waals surface area contributed by atoms with E-state index in [-0.39, 0.29) is 23.5 Å². The highest BCUT2D eigenvalue weighted by molar-refractivity contribution is 5.87. The van der Waals surface area contributed by atoms with Crippen molar-refractivity contribution in [2.45, 2.75) is 6.61 Å². The summed E-state index contributed by atoms with van der Waals surface area (Å²) in [5, 5.41) is 17.6. The molecule has 6 heteroatoms. The Morgan fingerprint density at radius 2 is 2.15 bits per heavy atom. The van der Waals surface area contributed by atoms with Gasteiger partial charge in [-0.25, -0.2) is 9.18 Å². The van der Waals surface area contributed by atoms with Crippen LogP contribution < -0.4 is 4.74 Å². The minimum Gasteiger partial charge on any atom is -0.487 e. The van der Waals surface area contributed by atoms with Crippen molar-refractivity contribution in [3.8, 4) is 11.8 Å². The van der Waals surface area contributed by atoms with E-state index in [0.29, 0.717) is 5.56 Å². The van der Waals surface area contributed by atoms with E-state index in [4.69, 9.17) is 15.1 Å². The fraction of sp³-hybridized carbons (Fsp3) is 0.0714. The van der Waals surface area contributed by atoms with Gasteiger partial charge in [0.05, 0.1) is 23.4 Å². The summed E-state index contributed by atoms with van der Waals surface area (Å²) in [6, 6.07) is 7.03. The molecule has 100 valence electrons. The van der Waals surface area contributed by atoms with Crippen LogP contribution >= 0.6 is 0 Å². The molecule has 0 aliphatic rings. The summed E-state index contributed by atoms with van der Waals surface area (Å²) < 4.78 is 18.5. The molecule has 2 aromatic rings. The van der Waals surface area contributed by atoms with Crippen molar-refractivity contribution in [2.24, 2.45) is 0 Å². The topological polar surface area (TPSA) is 83.2 Å². The minimum absolute atomic E-state index is 0.000504. The first-order valence-corrected chi connectivity index (χ1v) is 5.59. The van der Waals surface area contributed by atoms with Gasteiger partial charge in [-0.15, -0.1) is 0 Å². The number of nitrogens with zero attached hydrogens (tertiary/aromatic N) is 2. The van der Waals surface area contributed by atoms with Crippen molar-refractivity contribution in [3.63, 3.8) is 0 Å². The second-order valence-electron chi connectivity index (χ2n) is 3.96. The van der Waals surface area contributed by atoms with E-state index in [2.05, 4.69) is 4.98 Å². The standard InChI is InChI=1S/C14H9FN2O3/c15-12-2-9(5-16)1-10(3-12)8-20-13-4-11(14(18)19)6-17-7-13/h1-4,6-7H,8H2,(H,18,19). The maximum absolute atomic E-state index is 13.2. The SMILES string of the molecule is N#Cc1cc(F)cc(COc2cncc(C(=O)O)c2)c1. The largest absolute Gasteiger partial charge is 0.487 e. The lowest BCUT2D eigenvalue weighted by molar-refractivity contribution is 0.0696. The summed E-state index contributed by atoms with van der Waals surface area (Å²) in [5.41, 5.74) is 0.669. The van der Waals surface area contributed by atoms with Crippen molar-refractivity contribution in [1.82, 2.24) is 4.98 Å². The number of pyridine rings is 1. The molecule has 1 heterocycles. The first kappa shape index (κ1) is 13.5. The molecule has 2 rings (SSSR count). The van der Waals surface area contributed by atoms with Crippen molar-refractivity contribution < 1.29 is 19.0 Å². The summed E-state index contributed by atoms with van der Waals surface area (Å²) in [5.74, 6) is -1.38. The molecule has 1 aromatic carbocycles. The van der Waals surface area contributed by atoms with E-state index in [1.807, 2.05) is 6.07 Å². The van der Waals surface area contributed by atoms with Gasteiger partial charge in [0.25, 0.3) is 0 Å². The molecule has 0 amide bonds. The van der Waals surface area contributed by atoms with Crippen LogP contribution in [0.3, 0.4) is 0 Å². The van der Waals surface area contributed by atoms with E-state index in [0.717, 1.165) is 6.07 Å². The molecular weight excluding hydrogens is 263 g/mol. The predicted molar refractivity (Wildman–Crippen MR) is 66.6 cm³/mol. The lowest BCUT2D eigenvalue weighted by Gasteiger charge is -2.07. The average molecular weight is 272 g/mol. The van der Waals surface area contributed by atoms with Gasteiger partial charge in [0, 0.05) is 6.20 Å². The number of benzene rings is 1. The van der Waals surface area contributed by atoms with Gasteiger partial charge in [-0.1, -0.05) is 0 Å². The maximum atomic E-state index is 13.2. The average Bonchev–Trinajstić information content (AvgIpc) is 2.44. The number of carboxylic acid groups (broad SMARTS) is 1. The Kier molecular flexibility index (Phi) is 3.91. The summed E-state index contributed by atoms with van der Waals surface area (Å²) in [6.07, 6.45) is 2.56. The molecule has 0 fully saturated rings. The summed E-state index contributed by atoms with van der Waals surface area (Å²) in [4.78, 5) is 14.5. The Morgan fingerprint density at radius 3 is 2.85 bits per heavy atom. The molecule has 1 N–H and O–H groups in total. The molecule has 0 saturated carbocycles. The van der Waals surface area contributed by atoms with Crippen LogP contribution in [0.5, 0.6) is 5.75 Å². The molecule has 20 heavy (non-hydrogen) atoms. The van der Waals surface area contributed by atoms with E-state index in [9.17, 15) is 9.18 Å². The van der Waals surface area contributed by atoms with E-state index < -0.39 is 11.8 Å². The van der Waals surface area contributed by atoms with Gasteiger partial charge in [-0.05, 0) is 29.8 Å². The second kappa shape index (κ2) is 5.80. The number of aromatic carboxylic acids is 1. The normalized spacial score (nSPS) is 9.80. The number of hydrogen-bond donors (Lipinski definition) is 1. The maximum Gasteiger partial charge on any atom is 0.337 e. The molecule has 0 saturated heterocycles. The molecule has 0 aliphatic heterocycles. The van der Waals surface area contributed by atoms with Gasteiger partial charge >= 0.3 is 5.97 Å². The molecule has 0 aliphatic carbocycles. The van der Waals surface area contributed by atoms with Crippen molar-refractivity contribution >= 4 is 5.97 Å². The van der Waals surface area contributed by atoms with Crippen LogP contribution in [0.1, 0.15) is 21.5 Å². The molecule has 1 aromatic heterocycles. The van der Waals surface area contributed by atoms with E-state index in [1.54, 1.807) is 0 Å². The number of ether oxygens (including phenoxy) is 1. The molecule has 0 spiro atoms. The smallest absolute Gasteiger partial charge is 0.337 e. The third-order valence-corrected chi connectivity index (χ3v) is 2.45. The second-order valence-corrected chi connectivity index (χ2v) is 3.96. The highest BCUT2D eigenvalue weighted by Crippen LogP contribution is 2.15. The third-order valence-electron chi connectivity index (χ3n) is 2.45. The van der Waals surface area contributed by atoms with Crippen LogP contribution in [0.2, 0.25) is 0 Å². The zero-order valence-electron chi connectivity index (χ0n) is 10.2. The van der Waals surface area contributed by atoms with Crippen molar-refractivity contribution in [1.29, 1.82) is 5.26 Å². The molecule has 5 nitrogen and oxygen atoms in total. The monoisotopic (exact) mass is 272 g/mol. The lowest BCUT2D eigenvalue weighted by Crippen LogP contribution is -2.01. The predicted octanol–water partition coefficient (Wildman–Crippen LogP) is 2.37. The molecule has 0 unspecified atom stereocenters. The molecular formula is C14H9FN2O3. The van der Waals surface area contributed by atoms with Gasteiger partial charge in [-0.2, -0.15) is 5.26 Å². The van der Waals surface area contributed by atoms with Gasteiger partial charge in [0.1, 0.15) is 18.2 Å². The van der Waals surface area contributed by atoms with Gasteiger partial charge in [0.2, 0.25) is 0 Å². The number of rotatable bonds is 4. The molecule has 0 atom stereocenters. The van der Waals surface area contributed by atoms with Gasteiger partial charge in [0.15, 0.2) is 0 Å². The van der Waals surface area contributed by atoms with E-state index >= 15 is 0 Å². The van der Waals surface area contributed by atoms with Crippen LogP contribution in [-0.2, 0) is 6.61 Å². The summed E-state index contributed by atoms with van der Waals surface area (Å²) in [7, 11) is 0. The number of carbonyl (C=O) groups is 1. The van der Waals surface area contributed by atoms with E-state index in [1.165, 1.54) is 30.6 Å². The van der Waals surface area contributed by atoms with Crippen LogP contribution in [0.4, 0.5) is 4.39 Å². The molecule has 0 radical (unpaired) electrons. The quantitative estimate of drug-likeness (QED) is 0.923. The Hall–Kier alpha value is -2.94. The number of carboxylic acids is 1. The highest BCUT2D eigenvalue weighted by Gasteiger charge is 2.06. The number of nitriles is 1. The molecule has 0 bridgehead atoms. The van der Waals surface area contributed by atoms with Crippen molar-refractivity contribution in [3.05, 3.63) is 59.2 Å². The minimum atomic E-state index is -1.11. The number of hydrogen-bond acceptors (Lipinski definition) is 4.